The lowest BCUT2D eigenvalue weighted by Gasteiger charge is -2.06. The maximum absolute atomic E-state index is 12.6. The first-order valence-corrected chi connectivity index (χ1v) is 7.59. The number of aromatic nitrogens is 4. The summed E-state index contributed by atoms with van der Waals surface area (Å²) in [7, 11) is 0. The predicted molar refractivity (Wildman–Crippen MR) is 91.7 cm³/mol. The average Bonchev–Trinajstić information content (AvgIpc) is 3.34. The number of hydrogen-bond acceptors (Lipinski definition) is 5. The first-order chi connectivity index (χ1) is 12.3. The van der Waals surface area contributed by atoms with Crippen LogP contribution in [-0.2, 0) is 0 Å². The van der Waals surface area contributed by atoms with Crippen molar-refractivity contribution in [1.82, 2.24) is 20.6 Å². The van der Waals surface area contributed by atoms with Crippen LogP contribution in [0.5, 0.6) is 0 Å². The van der Waals surface area contributed by atoms with Crippen molar-refractivity contribution in [3.63, 3.8) is 0 Å². The van der Waals surface area contributed by atoms with Crippen LogP contribution in [0.3, 0.4) is 0 Å². The van der Waals surface area contributed by atoms with E-state index < -0.39 is 0 Å². The molecule has 4 aromatic rings. The molecular formula is C18H13N5O2. The molecule has 0 fully saturated rings. The van der Waals surface area contributed by atoms with Gasteiger partial charge in [0, 0.05) is 16.8 Å². The van der Waals surface area contributed by atoms with E-state index in [-0.39, 0.29) is 11.7 Å². The van der Waals surface area contributed by atoms with Gasteiger partial charge in [0.1, 0.15) is 0 Å². The predicted octanol–water partition coefficient (Wildman–Crippen LogP) is 3.38. The molecule has 0 atom stereocenters. The van der Waals surface area contributed by atoms with Crippen LogP contribution in [0, 0.1) is 0 Å². The van der Waals surface area contributed by atoms with Gasteiger partial charge in [0.05, 0.1) is 6.26 Å². The van der Waals surface area contributed by atoms with Gasteiger partial charge in [-0.15, -0.1) is 10.2 Å². The van der Waals surface area contributed by atoms with Crippen molar-refractivity contribution in [2.24, 2.45) is 0 Å². The van der Waals surface area contributed by atoms with Crippen molar-refractivity contribution >= 4 is 11.6 Å². The molecule has 25 heavy (non-hydrogen) atoms. The molecule has 0 unspecified atom stereocenters. The Balaban J connectivity index is 1.60. The molecule has 122 valence electrons. The fourth-order valence-electron chi connectivity index (χ4n) is 2.54. The Morgan fingerprint density at radius 1 is 1.00 bits per heavy atom. The number of rotatable bonds is 4. The number of carbonyl (C=O) groups is 1. The van der Waals surface area contributed by atoms with Crippen molar-refractivity contribution in [3.05, 3.63) is 72.7 Å². The van der Waals surface area contributed by atoms with E-state index in [9.17, 15) is 4.79 Å². The number of nitrogens with one attached hydrogen (secondary N) is 2. The lowest BCUT2D eigenvalue weighted by molar-refractivity contribution is 0.0997. The van der Waals surface area contributed by atoms with Crippen LogP contribution in [0.1, 0.15) is 10.6 Å². The Morgan fingerprint density at radius 3 is 2.64 bits per heavy atom. The van der Waals surface area contributed by atoms with Crippen molar-refractivity contribution in [1.29, 1.82) is 0 Å². The topological polar surface area (TPSA) is 96.7 Å². The van der Waals surface area contributed by atoms with Crippen LogP contribution >= 0.6 is 0 Å². The van der Waals surface area contributed by atoms with Gasteiger partial charge in [-0.3, -0.25) is 4.79 Å². The van der Waals surface area contributed by atoms with E-state index in [1.54, 1.807) is 18.2 Å². The molecule has 0 spiro atoms. The molecule has 2 N–H and O–H groups in total. The van der Waals surface area contributed by atoms with E-state index in [0.29, 0.717) is 11.5 Å². The third-order valence-electron chi connectivity index (χ3n) is 3.68. The number of carbonyl (C=O) groups excluding carboxylic acids is 1. The zero-order valence-electron chi connectivity index (χ0n) is 13.0. The minimum Gasteiger partial charge on any atom is -0.459 e. The first kappa shape index (κ1) is 14.8. The summed E-state index contributed by atoms with van der Waals surface area (Å²) in [6.45, 7) is 0. The van der Waals surface area contributed by atoms with E-state index in [2.05, 4.69) is 25.9 Å². The van der Waals surface area contributed by atoms with E-state index in [1.807, 2.05) is 42.5 Å². The molecule has 0 aliphatic heterocycles. The van der Waals surface area contributed by atoms with E-state index in [0.717, 1.165) is 16.7 Å². The van der Waals surface area contributed by atoms with Gasteiger partial charge in [0.15, 0.2) is 5.76 Å². The average molecular weight is 331 g/mol. The van der Waals surface area contributed by atoms with E-state index in [4.69, 9.17) is 4.42 Å². The second kappa shape index (κ2) is 6.40. The molecule has 0 bridgehead atoms. The summed E-state index contributed by atoms with van der Waals surface area (Å²) in [5, 5.41) is 16.6. The minimum absolute atomic E-state index is 0.260. The maximum atomic E-state index is 12.6. The van der Waals surface area contributed by atoms with E-state index in [1.165, 1.54) is 6.26 Å². The van der Waals surface area contributed by atoms with Gasteiger partial charge >= 0.3 is 0 Å². The number of benzene rings is 2. The number of H-pyrrole nitrogens is 1. The van der Waals surface area contributed by atoms with Crippen LogP contribution in [0.15, 0.2) is 71.3 Å². The highest BCUT2D eigenvalue weighted by molar-refractivity contribution is 6.06. The van der Waals surface area contributed by atoms with Gasteiger partial charge in [-0.25, -0.2) is 0 Å². The third kappa shape index (κ3) is 3.02. The number of nitrogens with zero attached hydrogens (tertiary/aromatic N) is 3. The fourth-order valence-corrected chi connectivity index (χ4v) is 2.54. The minimum atomic E-state index is -0.325. The van der Waals surface area contributed by atoms with Crippen molar-refractivity contribution in [3.8, 4) is 22.5 Å². The quantitative estimate of drug-likeness (QED) is 0.597. The monoisotopic (exact) mass is 331 g/mol. The Bertz CT molecular complexity index is 993. The Kier molecular flexibility index (Phi) is 3.80. The van der Waals surface area contributed by atoms with Gasteiger partial charge in [-0.1, -0.05) is 42.5 Å². The normalized spacial score (nSPS) is 10.6. The van der Waals surface area contributed by atoms with Crippen molar-refractivity contribution < 1.29 is 9.21 Å². The SMILES string of the molecule is O=C(Nc1cccc(-c2nn[nH]n2)c1)c1occc1-c1ccccc1. The molecule has 0 saturated carbocycles. The second-order valence-electron chi connectivity index (χ2n) is 5.30. The summed E-state index contributed by atoms with van der Waals surface area (Å²) < 4.78 is 5.40. The fraction of sp³-hybridized carbons (Fsp3) is 0. The summed E-state index contributed by atoms with van der Waals surface area (Å²) in [5.41, 5.74) is 3.02. The maximum Gasteiger partial charge on any atom is 0.292 e. The largest absolute Gasteiger partial charge is 0.459 e. The highest BCUT2D eigenvalue weighted by atomic mass is 16.3. The standard InChI is InChI=1S/C18H13N5O2/c24-18(16-15(9-10-25-16)12-5-2-1-3-6-12)19-14-8-4-7-13(11-14)17-20-22-23-21-17/h1-11H,(H,19,24)(H,20,21,22,23). The van der Waals surface area contributed by atoms with Gasteiger partial charge in [0.2, 0.25) is 5.82 Å². The Labute approximate surface area is 142 Å². The molecule has 0 radical (unpaired) electrons. The third-order valence-corrected chi connectivity index (χ3v) is 3.68. The number of furan rings is 1. The van der Waals surface area contributed by atoms with Gasteiger partial charge in [-0.2, -0.15) is 5.21 Å². The lowest BCUT2D eigenvalue weighted by Crippen LogP contribution is -2.12. The van der Waals surface area contributed by atoms with Crippen LogP contribution in [0.4, 0.5) is 5.69 Å². The van der Waals surface area contributed by atoms with Gasteiger partial charge in [-0.05, 0) is 29.0 Å². The molecule has 7 nitrogen and oxygen atoms in total. The van der Waals surface area contributed by atoms with Crippen LogP contribution in [-0.4, -0.2) is 26.5 Å². The second-order valence-corrected chi connectivity index (χ2v) is 5.30. The molecule has 2 aromatic carbocycles. The molecule has 7 heteroatoms. The first-order valence-electron chi connectivity index (χ1n) is 7.59. The number of anilines is 1. The zero-order valence-corrected chi connectivity index (χ0v) is 13.0. The summed E-state index contributed by atoms with van der Waals surface area (Å²) in [5.74, 6) is 0.393. The highest BCUT2D eigenvalue weighted by Crippen LogP contribution is 2.26. The Hall–Kier alpha value is -3.74. The summed E-state index contributed by atoms with van der Waals surface area (Å²) in [6, 6.07) is 18.6. The molecule has 0 aliphatic carbocycles. The molecular weight excluding hydrogens is 318 g/mol. The van der Waals surface area contributed by atoms with E-state index >= 15 is 0 Å². The summed E-state index contributed by atoms with van der Waals surface area (Å²) in [4.78, 5) is 12.6. The summed E-state index contributed by atoms with van der Waals surface area (Å²) >= 11 is 0. The van der Waals surface area contributed by atoms with Crippen LogP contribution in [0.2, 0.25) is 0 Å². The smallest absolute Gasteiger partial charge is 0.292 e. The van der Waals surface area contributed by atoms with Crippen molar-refractivity contribution in [2.75, 3.05) is 5.32 Å². The summed E-state index contributed by atoms with van der Waals surface area (Å²) in [6.07, 6.45) is 1.51. The molecule has 0 aliphatic rings. The highest BCUT2D eigenvalue weighted by Gasteiger charge is 2.17. The zero-order chi connectivity index (χ0) is 17.1. The van der Waals surface area contributed by atoms with Crippen molar-refractivity contribution in [2.45, 2.75) is 0 Å². The van der Waals surface area contributed by atoms with Crippen LogP contribution < -0.4 is 5.32 Å². The molecule has 0 saturated heterocycles. The lowest BCUT2D eigenvalue weighted by atomic mass is 10.1. The number of hydrogen-bond donors (Lipinski definition) is 2. The number of amides is 1. The van der Waals surface area contributed by atoms with Crippen LogP contribution in [0.25, 0.3) is 22.5 Å². The molecule has 4 rings (SSSR count). The van der Waals surface area contributed by atoms with Gasteiger partial charge < -0.3 is 9.73 Å². The molecule has 2 heterocycles. The number of aromatic amines is 1. The number of tetrazole rings is 1. The molecule has 2 aromatic heterocycles. The van der Waals surface area contributed by atoms with Gasteiger partial charge in [0.25, 0.3) is 5.91 Å². The molecule has 1 amide bonds. The Morgan fingerprint density at radius 2 is 1.84 bits per heavy atom.